The first kappa shape index (κ1) is 36.9. The summed E-state index contributed by atoms with van der Waals surface area (Å²) in [7, 11) is -0.657. The number of benzene rings is 2. The zero-order chi connectivity index (χ0) is 35.6. The molecule has 6 heterocycles. The lowest BCUT2D eigenvalue weighted by Gasteiger charge is -2.41. The molecule has 273 valence electrons. The minimum Gasteiger partial charge on any atom is -0.458 e. The molecule has 14 heteroatoms. The molecule has 10 nitrogen and oxygen atoms in total. The summed E-state index contributed by atoms with van der Waals surface area (Å²) in [5.41, 5.74) is 2.27. The standard InChI is InChI=1S/C38H39Cl2N4O6Si.ClH/c1-3-25-26-17-23(50-37(47)43-11-9-22(10-12-43)42-13-15-51(16-14-42)24-6-7-30(39)31(40)18-24)5-8-32(26)41-34-27(25)20-44-33(34)19-29-28(35(44)45)21-49-36(46)38(29,48)4-2;/h5-8,17-19,22,48H,3-4,9-16,20-21H2,1-2H3;1H. The van der Waals surface area contributed by atoms with Crippen LogP contribution in [0, 0.1) is 0 Å². The van der Waals surface area contributed by atoms with Gasteiger partial charge in [-0.25, -0.2) is 14.6 Å². The number of ether oxygens (including phenoxy) is 2. The number of piperidine rings is 1. The molecule has 2 aromatic carbocycles. The number of aliphatic hydroxyl groups is 1. The van der Waals surface area contributed by atoms with E-state index in [4.69, 9.17) is 37.7 Å². The van der Waals surface area contributed by atoms with E-state index >= 15 is 0 Å². The largest absolute Gasteiger partial charge is 0.458 e. The van der Waals surface area contributed by atoms with Crippen molar-refractivity contribution in [3.8, 4) is 17.1 Å². The Labute approximate surface area is 319 Å². The fourth-order valence-electron chi connectivity index (χ4n) is 8.35. The zero-order valence-electron chi connectivity index (χ0n) is 29.0. The number of amides is 1. The normalized spacial score (nSPS) is 20.6. The van der Waals surface area contributed by atoms with E-state index in [1.807, 2.05) is 31.2 Å². The Morgan fingerprint density at radius 2 is 1.77 bits per heavy atom. The Kier molecular flexibility index (Phi) is 10.2. The number of likely N-dealkylation sites (tertiary alicyclic amines) is 1. The predicted molar refractivity (Wildman–Crippen MR) is 205 cm³/mol. The van der Waals surface area contributed by atoms with Gasteiger partial charge in [0, 0.05) is 35.6 Å². The first-order valence-corrected chi connectivity index (χ1v) is 20.4. The molecular weight excluding hydrogens is 743 g/mol. The summed E-state index contributed by atoms with van der Waals surface area (Å²) in [6, 6.07) is 16.1. The highest BCUT2D eigenvalue weighted by Gasteiger charge is 2.45. The summed E-state index contributed by atoms with van der Waals surface area (Å²) in [6.45, 7) is 7.31. The number of nitrogens with zero attached hydrogens (tertiary/aromatic N) is 4. The molecule has 0 spiro atoms. The molecule has 1 atom stereocenters. The van der Waals surface area contributed by atoms with Gasteiger partial charge in [-0.05, 0) is 92.8 Å². The summed E-state index contributed by atoms with van der Waals surface area (Å²) in [5.74, 6) is -0.295. The SMILES string of the molecule is CCc1c2c(nc3ccc(OC(=O)N4CCC(N5CC[Si](c6ccc(Cl)c(Cl)c6)CC5)CC4)cc13)-c1cc3c(c(=O)n1C2)COC(=O)C3(O)CC.Cl. The van der Waals surface area contributed by atoms with Gasteiger partial charge in [0.2, 0.25) is 0 Å². The van der Waals surface area contributed by atoms with Crippen LogP contribution in [-0.2, 0) is 34.7 Å². The second-order valence-electron chi connectivity index (χ2n) is 13.9. The molecule has 4 aromatic rings. The lowest BCUT2D eigenvalue weighted by Crippen LogP contribution is -2.51. The van der Waals surface area contributed by atoms with Crippen molar-refractivity contribution in [3.63, 3.8) is 0 Å². The molecule has 2 aromatic heterocycles. The minimum absolute atomic E-state index is 0. The number of halogens is 3. The van der Waals surface area contributed by atoms with Crippen molar-refractivity contribution in [2.45, 2.75) is 76.4 Å². The molecule has 1 unspecified atom stereocenters. The predicted octanol–water partition coefficient (Wildman–Crippen LogP) is 6.05. The molecule has 0 bridgehead atoms. The second-order valence-corrected chi connectivity index (χ2v) is 17.5. The third-order valence-corrected chi connectivity index (χ3v) is 14.8. The van der Waals surface area contributed by atoms with E-state index < -0.39 is 20.4 Å². The number of fused-ring (bicyclic) bond motifs is 5. The van der Waals surface area contributed by atoms with E-state index in [9.17, 15) is 19.5 Å². The molecule has 0 saturated carbocycles. The van der Waals surface area contributed by atoms with Crippen LogP contribution >= 0.6 is 35.6 Å². The molecule has 52 heavy (non-hydrogen) atoms. The number of pyridine rings is 2. The number of hydrogen-bond donors (Lipinski definition) is 1. The van der Waals surface area contributed by atoms with Crippen LogP contribution < -0.4 is 15.5 Å². The maximum atomic E-state index is 13.7. The van der Waals surface area contributed by atoms with Gasteiger partial charge in [-0.1, -0.05) is 48.3 Å². The summed E-state index contributed by atoms with van der Waals surface area (Å²) >= 11 is 12.4. The van der Waals surface area contributed by atoms with Crippen LogP contribution in [0.3, 0.4) is 0 Å². The number of aryl methyl sites for hydroxylation is 1. The first-order chi connectivity index (χ1) is 24.6. The molecule has 2 saturated heterocycles. The van der Waals surface area contributed by atoms with Crippen molar-refractivity contribution < 1.29 is 24.2 Å². The highest BCUT2D eigenvalue weighted by atomic mass is 35.5. The van der Waals surface area contributed by atoms with Gasteiger partial charge < -0.3 is 28.9 Å². The Balaban J connectivity index is 0.00000420. The molecule has 1 amide bonds. The topological polar surface area (TPSA) is 114 Å². The monoisotopic (exact) mass is 781 g/mol. The van der Waals surface area contributed by atoms with Gasteiger partial charge in [0.25, 0.3) is 5.56 Å². The molecule has 8 rings (SSSR count). The van der Waals surface area contributed by atoms with E-state index in [1.54, 1.807) is 28.5 Å². The van der Waals surface area contributed by atoms with E-state index in [1.165, 1.54) is 17.3 Å². The van der Waals surface area contributed by atoms with Crippen LogP contribution in [0.15, 0.2) is 47.3 Å². The number of cyclic esters (lactones) is 1. The quantitative estimate of drug-likeness (QED) is 0.170. The third kappa shape index (κ3) is 6.23. The van der Waals surface area contributed by atoms with E-state index in [0.717, 1.165) is 42.4 Å². The van der Waals surface area contributed by atoms with Gasteiger partial charge in [0.1, 0.15) is 12.4 Å². The molecule has 4 aliphatic heterocycles. The summed E-state index contributed by atoms with van der Waals surface area (Å²) in [4.78, 5) is 48.9. The molecule has 1 N–H and O–H groups in total. The van der Waals surface area contributed by atoms with Crippen LogP contribution in [0.5, 0.6) is 5.75 Å². The summed E-state index contributed by atoms with van der Waals surface area (Å²) in [5, 5.41) is 14.7. The van der Waals surface area contributed by atoms with E-state index in [-0.39, 0.29) is 37.1 Å². The molecule has 0 aliphatic carbocycles. The van der Waals surface area contributed by atoms with Crippen molar-refractivity contribution in [2.24, 2.45) is 0 Å². The van der Waals surface area contributed by atoms with Crippen LogP contribution in [-0.4, -0.2) is 77.5 Å². The fraction of sp³-hybridized carbons (Fsp3) is 0.421. The number of hydrogen-bond acceptors (Lipinski definition) is 8. The average molecular weight is 783 g/mol. The zero-order valence-corrected chi connectivity index (χ0v) is 32.4. The van der Waals surface area contributed by atoms with Crippen LogP contribution in [0.1, 0.15) is 55.4 Å². The summed E-state index contributed by atoms with van der Waals surface area (Å²) < 4.78 is 12.8. The van der Waals surface area contributed by atoms with Crippen LogP contribution in [0.2, 0.25) is 22.1 Å². The van der Waals surface area contributed by atoms with Gasteiger partial charge >= 0.3 is 12.1 Å². The van der Waals surface area contributed by atoms with Crippen molar-refractivity contribution in [2.75, 3.05) is 26.2 Å². The van der Waals surface area contributed by atoms with E-state index in [2.05, 4.69) is 11.0 Å². The Hall–Kier alpha value is -3.45. The average Bonchev–Trinajstić information content (AvgIpc) is 3.52. The Morgan fingerprint density at radius 1 is 1.02 bits per heavy atom. The van der Waals surface area contributed by atoms with Crippen molar-refractivity contribution in [1.29, 1.82) is 0 Å². The number of carbonyl (C=O) groups excluding carboxylic acids is 2. The first-order valence-electron chi connectivity index (χ1n) is 17.7. The maximum absolute atomic E-state index is 13.7. The number of esters is 1. The minimum atomic E-state index is -1.88. The van der Waals surface area contributed by atoms with Crippen molar-refractivity contribution in [3.05, 3.63) is 85.1 Å². The smallest absolute Gasteiger partial charge is 0.415 e. The van der Waals surface area contributed by atoms with Gasteiger partial charge in [0.05, 0.1) is 47.9 Å². The van der Waals surface area contributed by atoms with Crippen LogP contribution in [0.25, 0.3) is 22.3 Å². The van der Waals surface area contributed by atoms with Gasteiger partial charge in [0.15, 0.2) is 5.60 Å². The maximum Gasteiger partial charge on any atom is 0.415 e. The van der Waals surface area contributed by atoms with Crippen molar-refractivity contribution >= 4 is 72.6 Å². The Morgan fingerprint density at radius 3 is 2.46 bits per heavy atom. The van der Waals surface area contributed by atoms with E-state index in [0.29, 0.717) is 75.9 Å². The van der Waals surface area contributed by atoms with Gasteiger partial charge in [-0.3, -0.25) is 4.79 Å². The molecule has 1 radical (unpaired) electrons. The van der Waals surface area contributed by atoms with Gasteiger partial charge in [-0.2, -0.15) is 0 Å². The highest BCUT2D eigenvalue weighted by Crippen LogP contribution is 2.41. The second kappa shape index (κ2) is 14.4. The fourth-order valence-corrected chi connectivity index (χ4v) is 11.3. The molecule has 2 fully saturated rings. The number of aromatic nitrogens is 2. The Bertz CT molecular complexity index is 2150. The lowest BCUT2D eigenvalue weighted by atomic mass is 9.86. The van der Waals surface area contributed by atoms with Crippen molar-refractivity contribution in [1.82, 2.24) is 19.4 Å². The van der Waals surface area contributed by atoms with Gasteiger partial charge in [-0.15, -0.1) is 12.4 Å². The number of carbonyl (C=O) groups is 2. The van der Waals surface area contributed by atoms with Crippen LogP contribution in [0.4, 0.5) is 4.79 Å². The third-order valence-electron chi connectivity index (χ3n) is 11.3. The highest BCUT2D eigenvalue weighted by molar-refractivity contribution is 6.73. The summed E-state index contributed by atoms with van der Waals surface area (Å²) in [6.07, 6.45) is 2.23. The number of rotatable bonds is 5. The molecule has 4 aliphatic rings. The lowest BCUT2D eigenvalue weighted by molar-refractivity contribution is -0.172. The molecular formula is C38H40Cl3N4O6Si.